The molecule has 2 atom stereocenters. The summed E-state index contributed by atoms with van der Waals surface area (Å²) in [4.78, 5) is 12.0. The molecule has 1 aliphatic carbocycles. The first-order valence-corrected chi connectivity index (χ1v) is 5.80. The minimum atomic E-state index is 0.000417. The molecule has 0 radical (unpaired) electrons. The second-order valence-corrected chi connectivity index (χ2v) is 4.49. The second-order valence-electron chi connectivity index (χ2n) is 4.49. The van der Waals surface area contributed by atoms with E-state index in [1.165, 1.54) is 0 Å². The fraction of sp³-hybridized carbons (Fsp3) is 0.462. The van der Waals surface area contributed by atoms with Gasteiger partial charge in [-0.05, 0) is 37.8 Å². The molecule has 0 spiro atoms. The number of carbonyl (C=O) groups is 1. The average molecular weight is 218 g/mol. The van der Waals surface area contributed by atoms with Crippen LogP contribution in [0.3, 0.4) is 0 Å². The maximum atomic E-state index is 12.0. The maximum Gasteiger partial charge on any atom is 0.251 e. The average Bonchev–Trinajstić information content (AvgIpc) is 2.65. The van der Waals surface area contributed by atoms with Gasteiger partial charge in [0.05, 0.1) is 0 Å². The van der Waals surface area contributed by atoms with E-state index in [2.05, 4.69) is 5.32 Å². The number of hydrogen-bond acceptors (Lipinski definition) is 2. The van der Waals surface area contributed by atoms with Crippen molar-refractivity contribution in [1.82, 2.24) is 5.32 Å². The van der Waals surface area contributed by atoms with Crippen molar-refractivity contribution in [3.63, 3.8) is 0 Å². The smallest absolute Gasteiger partial charge is 0.251 e. The predicted octanol–water partition coefficient (Wildman–Crippen LogP) is 1.60. The van der Waals surface area contributed by atoms with Crippen LogP contribution in [0.1, 0.15) is 35.2 Å². The van der Waals surface area contributed by atoms with E-state index >= 15 is 0 Å². The summed E-state index contributed by atoms with van der Waals surface area (Å²) in [6.45, 7) is 1.95. The Hall–Kier alpha value is -1.35. The van der Waals surface area contributed by atoms with E-state index in [-0.39, 0.29) is 18.0 Å². The SMILES string of the molecule is Cc1ccccc1C(=O)NC1CCCC1N. The number of rotatable bonds is 2. The van der Waals surface area contributed by atoms with Crippen molar-refractivity contribution >= 4 is 5.91 Å². The monoisotopic (exact) mass is 218 g/mol. The maximum absolute atomic E-state index is 12.0. The fourth-order valence-corrected chi connectivity index (χ4v) is 2.24. The van der Waals surface area contributed by atoms with Gasteiger partial charge in [0.25, 0.3) is 5.91 Å². The molecule has 0 bridgehead atoms. The molecule has 1 aliphatic rings. The van der Waals surface area contributed by atoms with E-state index in [0.29, 0.717) is 0 Å². The van der Waals surface area contributed by atoms with Gasteiger partial charge in [0.1, 0.15) is 0 Å². The zero-order chi connectivity index (χ0) is 11.5. The third-order valence-corrected chi connectivity index (χ3v) is 3.28. The van der Waals surface area contributed by atoms with Crippen LogP contribution in [-0.2, 0) is 0 Å². The van der Waals surface area contributed by atoms with Crippen LogP contribution in [0.25, 0.3) is 0 Å². The van der Waals surface area contributed by atoms with Gasteiger partial charge >= 0.3 is 0 Å². The predicted molar refractivity (Wildman–Crippen MR) is 64.3 cm³/mol. The topological polar surface area (TPSA) is 55.1 Å². The molecule has 16 heavy (non-hydrogen) atoms. The van der Waals surface area contributed by atoms with E-state index in [9.17, 15) is 4.79 Å². The third-order valence-electron chi connectivity index (χ3n) is 3.28. The number of nitrogens with two attached hydrogens (primary N) is 1. The molecular weight excluding hydrogens is 200 g/mol. The molecular formula is C13H18N2O. The Bertz CT molecular complexity index is 389. The summed E-state index contributed by atoms with van der Waals surface area (Å²) in [5, 5.41) is 3.02. The Labute approximate surface area is 96.0 Å². The van der Waals surface area contributed by atoms with Gasteiger partial charge in [0, 0.05) is 17.6 Å². The van der Waals surface area contributed by atoms with E-state index in [0.717, 1.165) is 30.4 Å². The van der Waals surface area contributed by atoms with Crippen LogP contribution in [0.4, 0.5) is 0 Å². The number of carbonyl (C=O) groups excluding carboxylic acids is 1. The summed E-state index contributed by atoms with van der Waals surface area (Å²) < 4.78 is 0. The number of aryl methyl sites for hydroxylation is 1. The molecule has 0 aliphatic heterocycles. The minimum Gasteiger partial charge on any atom is -0.348 e. The first kappa shape index (κ1) is 11.1. The first-order valence-electron chi connectivity index (χ1n) is 5.80. The molecule has 1 saturated carbocycles. The van der Waals surface area contributed by atoms with Crippen LogP contribution in [0.5, 0.6) is 0 Å². The highest BCUT2D eigenvalue weighted by molar-refractivity contribution is 5.95. The molecule has 1 aromatic rings. The van der Waals surface area contributed by atoms with Gasteiger partial charge < -0.3 is 11.1 Å². The Kier molecular flexibility index (Phi) is 3.25. The summed E-state index contributed by atoms with van der Waals surface area (Å²) in [5.74, 6) is 0.000417. The molecule has 1 amide bonds. The van der Waals surface area contributed by atoms with Crippen LogP contribution < -0.4 is 11.1 Å². The van der Waals surface area contributed by atoms with Gasteiger partial charge in [-0.15, -0.1) is 0 Å². The molecule has 1 fully saturated rings. The molecule has 2 unspecified atom stereocenters. The van der Waals surface area contributed by atoms with Gasteiger partial charge in [-0.3, -0.25) is 4.79 Å². The van der Waals surface area contributed by atoms with Crippen molar-refractivity contribution in [1.29, 1.82) is 0 Å². The molecule has 0 saturated heterocycles. The Morgan fingerprint density at radius 2 is 2.12 bits per heavy atom. The van der Waals surface area contributed by atoms with Crippen molar-refractivity contribution in [3.8, 4) is 0 Å². The molecule has 2 rings (SSSR count). The highest BCUT2D eigenvalue weighted by Gasteiger charge is 2.25. The van der Waals surface area contributed by atoms with Crippen LogP contribution >= 0.6 is 0 Å². The van der Waals surface area contributed by atoms with Gasteiger partial charge in [-0.2, -0.15) is 0 Å². The van der Waals surface area contributed by atoms with Gasteiger partial charge in [0.15, 0.2) is 0 Å². The zero-order valence-corrected chi connectivity index (χ0v) is 9.57. The van der Waals surface area contributed by atoms with Crippen LogP contribution in [-0.4, -0.2) is 18.0 Å². The quantitative estimate of drug-likeness (QED) is 0.792. The van der Waals surface area contributed by atoms with E-state index in [1.807, 2.05) is 31.2 Å². The lowest BCUT2D eigenvalue weighted by molar-refractivity contribution is 0.0934. The lowest BCUT2D eigenvalue weighted by Gasteiger charge is -2.17. The Balaban J connectivity index is 2.06. The number of hydrogen-bond donors (Lipinski definition) is 2. The number of benzene rings is 1. The van der Waals surface area contributed by atoms with Crippen LogP contribution in [0, 0.1) is 6.92 Å². The van der Waals surface area contributed by atoms with Crippen LogP contribution in [0.2, 0.25) is 0 Å². The van der Waals surface area contributed by atoms with E-state index < -0.39 is 0 Å². The number of nitrogens with one attached hydrogen (secondary N) is 1. The van der Waals surface area contributed by atoms with E-state index in [4.69, 9.17) is 5.73 Å². The van der Waals surface area contributed by atoms with Crippen molar-refractivity contribution in [2.75, 3.05) is 0 Å². The Morgan fingerprint density at radius 3 is 2.75 bits per heavy atom. The molecule has 3 N–H and O–H groups in total. The van der Waals surface area contributed by atoms with Crippen molar-refractivity contribution in [3.05, 3.63) is 35.4 Å². The molecule has 3 nitrogen and oxygen atoms in total. The van der Waals surface area contributed by atoms with Crippen molar-refractivity contribution in [2.24, 2.45) is 5.73 Å². The van der Waals surface area contributed by atoms with Gasteiger partial charge in [0.2, 0.25) is 0 Å². The largest absolute Gasteiger partial charge is 0.348 e. The lowest BCUT2D eigenvalue weighted by atomic mass is 10.1. The Morgan fingerprint density at radius 1 is 1.38 bits per heavy atom. The summed E-state index contributed by atoms with van der Waals surface area (Å²) in [7, 11) is 0. The van der Waals surface area contributed by atoms with E-state index in [1.54, 1.807) is 0 Å². The molecule has 0 heterocycles. The van der Waals surface area contributed by atoms with Gasteiger partial charge in [-0.1, -0.05) is 18.2 Å². The molecule has 3 heteroatoms. The second kappa shape index (κ2) is 4.66. The molecule has 1 aromatic carbocycles. The standard InChI is InChI=1S/C13H18N2O/c1-9-5-2-3-6-10(9)13(16)15-12-8-4-7-11(12)14/h2-3,5-6,11-12H,4,7-8,14H2,1H3,(H,15,16). The number of amides is 1. The minimum absolute atomic E-state index is 0.000417. The zero-order valence-electron chi connectivity index (χ0n) is 9.57. The highest BCUT2D eigenvalue weighted by Crippen LogP contribution is 2.18. The van der Waals surface area contributed by atoms with Gasteiger partial charge in [-0.25, -0.2) is 0 Å². The summed E-state index contributed by atoms with van der Waals surface area (Å²) in [6, 6.07) is 7.89. The molecule has 86 valence electrons. The normalized spacial score (nSPS) is 24.4. The fourth-order valence-electron chi connectivity index (χ4n) is 2.24. The summed E-state index contributed by atoms with van der Waals surface area (Å²) >= 11 is 0. The third kappa shape index (κ3) is 2.25. The summed E-state index contributed by atoms with van der Waals surface area (Å²) in [6.07, 6.45) is 3.12. The summed E-state index contributed by atoms with van der Waals surface area (Å²) in [5.41, 5.74) is 7.69. The first-order chi connectivity index (χ1) is 7.68. The van der Waals surface area contributed by atoms with Crippen molar-refractivity contribution < 1.29 is 4.79 Å². The highest BCUT2D eigenvalue weighted by atomic mass is 16.1. The molecule has 0 aromatic heterocycles. The lowest BCUT2D eigenvalue weighted by Crippen LogP contribution is -2.44. The van der Waals surface area contributed by atoms with Crippen LogP contribution in [0.15, 0.2) is 24.3 Å². The van der Waals surface area contributed by atoms with Crippen molar-refractivity contribution in [2.45, 2.75) is 38.3 Å².